The van der Waals surface area contributed by atoms with Gasteiger partial charge in [0.1, 0.15) is 0 Å². The Morgan fingerprint density at radius 3 is 2.08 bits per heavy atom. The van der Waals surface area contributed by atoms with Gasteiger partial charge >= 0.3 is 0 Å². The maximum atomic E-state index is 3.49. The van der Waals surface area contributed by atoms with Crippen molar-refractivity contribution >= 4 is 27.3 Å². The third-order valence-corrected chi connectivity index (χ3v) is 5.88. The molecule has 0 atom stereocenters. The number of unbranched alkanes of at least 4 members (excludes halogenated alkanes) is 3. The van der Waals surface area contributed by atoms with E-state index < -0.39 is 0 Å². The number of rotatable bonds is 7. The smallest absolute Gasteiger partial charge is 0.0345 e. The molecule has 2 aromatic carbocycles. The molecule has 0 nitrogen and oxygen atoms in total. The van der Waals surface area contributed by atoms with E-state index in [0.717, 1.165) is 4.47 Å². The summed E-state index contributed by atoms with van der Waals surface area (Å²) in [6.07, 6.45) is 6.54. The summed E-state index contributed by atoms with van der Waals surface area (Å²) in [4.78, 5) is 1.38. The SMILES string of the molecule is CCCCCCc1csc(-c2ccc(-c3ccc(Br)cc3)cc2)c1. The molecular formula is C22H23BrS. The summed E-state index contributed by atoms with van der Waals surface area (Å²) in [5, 5.41) is 2.32. The second-order valence-corrected chi connectivity index (χ2v) is 8.04. The number of benzene rings is 2. The second kappa shape index (κ2) is 8.64. The van der Waals surface area contributed by atoms with Gasteiger partial charge < -0.3 is 0 Å². The third-order valence-electron chi connectivity index (χ3n) is 4.32. The normalized spacial score (nSPS) is 10.9. The van der Waals surface area contributed by atoms with E-state index in [1.165, 1.54) is 59.2 Å². The van der Waals surface area contributed by atoms with E-state index in [1.54, 1.807) is 0 Å². The van der Waals surface area contributed by atoms with E-state index in [2.05, 4.69) is 82.8 Å². The minimum atomic E-state index is 1.12. The first-order valence-corrected chi connectivity index (χ1v) is 10.4. The van der Waals surface area contributed by atoms with Gasteiger partial charge in [0.25, 0.3) is 0 Å². The number of hydrogen-bond acceptors (Lipinski definition) is 1. The first-order valence-electron chi connectivity index (χ1n) is 8.70. The molecule has 0 unspecified atom stereocenters. The topological polar surface area (TPSA) is 0 Å². The van der Waals surface area contributed by atoms with Gasteiger partial charge in [-0.25, -0.2) is 0 Å². The Hall–Kier alpha value is -1.38. The van der Waals surface area contributed by atoms with Crippen molar-refractivity contribution < 1.29 is 0 Å². The Morgan fingerprint density at radius 1 is 0.792 bits per heavy atom. The summed E-state index contributed by atoms with van der Waals surface area (Å²) in [5.41, 5.74) is 5.33. The fourth-order valence-corrected chi connectivity index (χ4v) is 4.10. The molecule has 0 radical (unpaired) electrons. The van der Waals surface area contributed by atoms with Crippen LogP contribution in [0.2, 0.25) is 0 Å². The third kappa shape index (κ3) is 4.58. The molecule has 1 aromatic heterocycles. The van der Waals surface area contributed by atoms with Gasteiger partial charge in [0, 0.05) is 9.35 Å². The number of halogens is 1. The van der Waals surface area contributed by atoms with Crippen molar-refractivity contribution in [3.05, 3.63) is 70.0 Å². The van der Waals surface area contributed by atoms with Gasteiger partial charge in [-0.3, -0.25) is 0 Å². The van der Waals surface area contributed by atoms with Crippen LogP contribution in [-0.4, -0.2) is 0 Å². The van der Waals surface area contributed by atoms with Crippen molar-refractivity contribution in [3.63, 3.8) is 0 Å². The van der Waals surface area contributed by atoms with Crippen LogP contribution in [0, 0.1) is 0 Å². The van der Waals surface area contributed by atoms with Crippen molar-refractivity contribution in [2.75, 3.05) is 0 Å². The van der Waals surface area contributed by atoms with Gasteiger partial charge in [0.15, 0.2) is 0 Å². The van der Waals surface area contributed by atoms with E-state index >= 15 is 0 Å². The minimum Gasteiger partial charge on any atom is -0.144 e. The van der Waals surface area contributed by atoms with Crippen LogP contribution in [0.5, 0.6) is 0 Å². The lowest BCUT2D eigenvalue weighted by atomic mass is 10.0. The molecule has 1 heterocycles. The van der Waals surface area contributed by atoms with Crippen LogP contribution in [0.25, 0.3) is 21.6 Å². The average molecular weight is 399 g/mol. The van der Waals surface area contributed by atoms with E-state index in [1.807, 2.05) is 11.3 Å². The van der Waals surface area contributed by atoms with E-state index in [-0.39, 0.29) is 0 Å². The highest BCUT2D eigenvalue weighted by atomic mass is 79.9. The lowest BCUT2D eigenvalue weighted by Crippen LogP contribution is -1.82. The van der Waals surface area contributed by atoms with Gasteiger partial charge in [0.05, 0.1) is 0 Å². The zero-order valence-electron chi connectivity index (χ0n) is 14.1. The molecule has 0 saturated carbocycles. The Labute approximate surface area is 157 Å². The Bertz CT molecular complexity index is 753. The molecule has 0 bridgehead atoms. The summed E-state index contributed by atoms with van der Waals surface area (Å²) in [7, 11) is 0. The lowest BCUT2D eigenvalue weighted by molar-refractivity contribution is 0.667. The molecule has 0 aliphatic rings. The van der Waals surface area contributed by atoms with Gasteiger partial charge in [0.2, 0.25) is 0 Å². The first-order chi connectivity index (χ1) is 11.8. The lowest BCUT2D eigenvalue weighted by Gasteiger charge is -2.04. The van der Waals surface area contributed by atoms with Gasteiger partial charge in [-0.05, 0) is 58.7 Å². The van der Waals surface area contributed by atoms with Crippen molar-refractivity contribution in [1.29, 1.82) is 0 Å². The fourth-order valence-electron chi connectivity index (χ4n) is 2.88. The molecule has 24 heavy (non-hydrogen) atoms. The first kappa shape index (κ1) is 17.4. The number of aryl methyl sites for hydroxylation is 1. The zero-order valence-corrected chi connectivity index (χ0v) is 16.5. The molecule has 0 saturated heterocycles. The Kier molecular flexibility index (Phi) is 6.28. The maximum Gasteiger partial charge on any atom is 0.0345 e. The summed E-state index contributed by atoms with van der Waals surface area (Å²) >= 11 is 5.35. The van der Waals surface area contributed by atoms with Crippen LogP contribution >= 0.6 is 27.3 Å². The molecular weight excluding hydrogens is 376 g/mol. The van der Waals surface area contributed by atoms with Gasteiger partial charge in [-0.15, -0.1) is 11.3 Å². The summed E-state index contributed by atoms with van der Waals surface area (Å²) < 4.78 is 1.12. The quantitative estimate of drug-likeness (QED) is 0.354. The predicted molar refractivity (Wildman–Crippen MR) is 111 cm³/mol. The second-order valence-electron chi connectivity index (χ2n) is 6.21. The van der Waals surface area contributed by atoms with Crippen molar-refractivity contribution in [3.8, 4) is 21.6 Å². The summed E-state index contributed by atoms with van der Waals surface area (Å²) in [6, 6.07) is 19.8. The van der Waals surface area contributed by atoms with Crippen LogP contribution in [0.15, 0.2) is 64.5 Å². The molecule has 0 fully saturated rings. The minimum absolute atomic E-state index is 1.12. The molecule has 0 spiro atoms. The molecule has 3 aromatic rings. The highest BCUT2D eigenvalue weighted by Crippen LogP contribution is 2.30. The molecule has 0 aliphatic heterocycles. The Morgan fingerprint density at radius 2 is 1.42 bits per heavy atom. The van der Waals surface area contributed by atoms with Crippen LogP contribution in [0.1, 0.15) is 38.2 Å². The van der Waals surface area contributed by atoms with Gasteiger partial charge in [-0.2, -0.15) is 0 Å². The highest BCUT2D eigenvalue weighted by Gasteiger charge is 2.04. The van der Waals surface area contributed by atoms with E-state index in [0.29, 0.717) is 0 Å². The van der Waals surface area contributed by atoms with Crippen LogP contribution in [0.4, 0.5) is 0 Å². The summed E-state index contributed by atoms with van der Waals surface area (Å²) in [6.45, 7) is 2.26. The average Bonchev–Trinajstić information content (AvgIpc) is 3.09. The fraction of sp³-hybridized carbons (Fsp3) is 0.273. The zero-order chi connectivity index (χ0) is 16.8. The van der Waals surface area contributed by atoms with Crippen molar-refractivity contribution in [2.45, 2.75) is 39.0 Å². The van der Waals surface area contributed by atoms with Crippen LogP contribution in [0.3, 0.4) is 0 Å². The van der Waals surface area contributed by atoms with Crippen LogP contribution < -0.4 is 0 Å². The van der Waals surface area contributed by atoms with E-state index in [9.17, 15) is 0 Å². The van der Waals surface area contributed by atoms with Crippen molar-refractivity contribution in [1.82, 2.24) is 0 Å². The van der Waals surface area contributed by atoms with E-state index in [4.69, 9.17) is 0 Å². The van der Waals surface area contributed by atoms with Gasteiger partial charge in [-0.1, -0.05) is 78.5 Å². The summed E-state index contributed by atoms with van der Waals surface area (Å²) in [5.74, 6) is 0. The number of thiophene rings is 1. The largest absolute Gasteiger partial charge is 0.144 e. The number of hydrogen-bond donors (Lipinski definition) is 0. The molecule has 0 amide bonds. The molecule has 2 heteroatoms. The Balaban J connectivity index is 1.67. The molecule has 3 rings (SSSR count). The molecule has 124 valence electrons. The van der Waals surface area contributed by atoms with Crippen LogP contribution in [-0.2, 0) is 6.42 Å². The maximum absolute atomic E-state index is 3.49. The van der Waals surface area contributed by atoms with Crippen molar-refractivity contribution in [2.24, 2.45) is 0 Å². The molecule has 0 N–H and O–H groups in total. The monoisotopic (exact) mass is 398 g/mol. The molecule has 0 aliphatic carbocycles. The highest BCUT2D eigenvalue weighted by molar-refractivity contribution is 9.10. The predicted octanol–water partition coefficient (Wildman–Crippen LogP) is 7.97. The standard InChI is InChI=1S/C22H23BrS/c1-2-3-4-5-6-17-15-22(24-16-17)20-9-7-18(8-10-20)19-11-13-21(23)14-12-19/h7-16H,2-6H2,1H3.